The van der Waals surface area contributed by atoms with E-state index < -0.39 is 0 Å². The molecule has 0 radical (unpaired) electrons. The van der Waals surface area contributed by atoms with Crippen molar-refractivity contribution in [3.63, 3.8) is 0 Å². The molecule has 2 aromatic heterocycles. The van der Waals surface area contributed by atoms with Crippen LogP contribution in [0.25, 0.3) is 11.0 Å². The quantitative estimate of drug-likeness (QED) is 0.488. The fraction of sp³-hybridized carbons (Fsp3) is 0.517. The molecule has 2 fully saturated rings. The molecule has 1 aliphatic heterocycles. The molecule has 0 amide bonds. The lowest BCUT2D eigenvalue weighted by Crippen LogP contribution is -2.57. The Bertz CT molecular complexity index is 1360. The zero-order chi connectivity index (χ0) is 25.4. The number of nitriles is 1. The van der Waals surface area contributed by atoms with E-state index in [1.165, 1.54) is 28.5 Å². The van der Waals surface area contributed by atoms with Crippen LogP contribution in [0.5, 0.6) is 0 Å². The van der Waals surface area contributed by atoms with Crippen molar-refractivity contribution in [2.24, 2.45) is 13.0 Å². The Morgan fingerprint density at radius 1 is 1.14 bits per heavy atom. The summed E-state index contributed by atoms with van der Waals surface area (Å²) in [6, 6.07) is 15.2. The molecule has 2 aliphatic rings. The van der Waals surface area contributed by atoms with E-state index in [4.69, 9.17) is 0 Å². The monoisotopic (exact) mass is 484 g/mol. The number of unbranched alkanes of at least 4 members (excludes halogenated alkanes) is 1. The Morgan fingerprint density at radius 3 is 2.53 bits per heavy atom. The molecule has 7 nitrogen and oxygen atoms in total. The summed E-state index contributed by atoms with van der Waals surface area (Å²) in [7, 11) is 1.71. The number of pyridine rings is 1. The van der Waals surface area contributed by atoms with Crippen molar-refractivity contribution in [1.82, 2.24) is 19.4 Å². The molecule has 188 valence electrons. The molecule has 3 atom stereocenters. The lowest BCUT2D eigenvalue weighted by Gasteiger charge is -2.46. The van der Waals surface area contributed by atoms with Crippen LogP contribution in [-0.4, -0.2) is 44.6 Å². The van der Waals surface area contributed by atoms with Crippen LogP contribution in [0.1, 0.15) is 69.3 Å². The van der Waals surface area contributed by atoms with Crippen molar-refractivity contribution in [2.75, 3.05) is 24.5 Å². The first-order chi connectivity index (χ1) is 17.4. The van der Waals surface area contributed by atoms with Crippen LogP contribution < -0.4 is 10.6 Å². The highest BCUT2D eigenvalue weighted by atomic mass is 16.1. The van der Waals surface area contributed by atoms with Crippen molar-refractivity contribution in [3.8, 4) is 6.07 Å². The van der Waals surface area contributed by atoms with E-state index in [9.17, 15) is 10.1 Å². The predicted octanol–water partition coefficient (Wildman–Crippen LogP) is 4.59. The van der Waals surface area contributed by atoms with E-state index >= 15 is 0 Å². The second-order valence-electron chi connectivity index (χ2n) is 10.6. The summed E-state index contributed by atoms with van der Waals surface area (Å²) < 4.78 is 1.52. The molecule has 2 unspecified atom stereocenters. The van der Waals surface area contributed by atoms with Gasteiger partial charge in [0.2, 0.25) is 0 Å². The van der Waals surface area contributed by atoms with Crippen molar-refractivity contribution < 1.29 is 0 Å². The van der Waals surface area contributed by atoms with Crippen molar-refractivity contribution in [1.29, 1.82) is 5.26 Å². The van der Waals surface area contributed by atoms with E-state index in [1.54, 1.807) is 13.1 Å². The van der Waals surface area contributed by atoms with E-state index in [-0.39, 0.29) is 11.2 Å². The minimum atomic E-state index is -0.288. The van der Waals surface area contributed by atoms with Crippen LogP contribution >= 0.6 is 0 Å². The van der Waals surface area contributed by atoms with Gasteiger partial charge in [-0.1, -0.05) is 51.5 Å². The Hall–Kier alpha value is -3.24. The fourth-order valence-electron chi connectivity index (χ4n) is 6.07. The third kappa shape index (κ3) is 4.18. The highest BCUT2D eigenvalue weighted by Gasteiger charge is 2.59. The van der Waals surface area contributed by atoms with Crippen LogP contribution in [0.2, 0.25) is 0 Å². The Kier molecular flexibility index (Phi) is 6.57. The van der Waals surface area contributed by atoms with Crippen molar-refractivity contribution in [3.05, 3.63) is 63.7 Å². The van der Waals surface area contributed by atoms with Gasteiger partial charge in [0, 0.05) is 32.7 Å². The molecule has 1 saturated carbocycles. The number of aryl methyl sites for hydroxylation is 2. The third-order valence-corrected chi connectivity index (χ3v) is 8.36. The summed E-state index contributed by atoms with van der Waals surface area (Å²) in [5.74, 6) is 1.12. The molecule has 1 aromatic carbocycles. The summed E-state index contributed by atoms with van der Waals surface area (Å²) in [6.45, 7) is 9.40. The largest absolute Gasteiger partial charge is 0.349 e. The molecule has 1 aliphatic carbocycles. The van der Waals surface area contributed by atoms with Gasteiger partial charge in [0.25, 0.3) is 0 Å². The SMILES string of the molecule is CCCCc1ccc(C(CC)N2CCN(c3nc(=O)n(C)c4ccc(C#N)nc34)[C@@]3(CC3C)C2)cc1. The van der Waals surface area contributed by atoms with Crippen LogP contribution in [0, 0.1) is 17.2 Å². The fourth-order valence-corrected chi connectivity index (χ4v) is 6.07. The number of piperazine rings is 1. The first-order valence-corrected chi connectivity index (χ1v) is 13.3. The van der Waals surface area contributed by atoms with Crippen molar-refractivity contribution >= 4 is 16.9 Å². The molecule has 3 heterocycles. The number of nitrogens with zero attached hydrogens (tertiary/aromatic N) is 6. The zero-order valence-corrected chi connectivity index (χ0v) is 21.9. The van der Waals surface area contributed by atoms with Gasteiger partial charge in [-0.25, -0.2) is 9.78 Å². The summed E-state index contributed by atoms with van der Waals surface area (Å²) in [4.78, 5) is 26.8. The minimum absolute atomic E-state index is 0.0661. The third-order valence-electron chi connectivity index (χ3n) is 8.36. The lowest BCUT2D eigenvalue weighted by atomic mass is 9.97. The molecule has 0 N–H and O–H groups in total. The number of aromatic nitrogens is 3. The summed E-state index contributed by atoms with van der Waals surface area (Å²) in [5.41, 5.74) is 4.14. The summed E-state index contributed by atoms with van der Waals surface area (Å²) >= 11 is 0. The predicted molar refractivity (Wildman–Crippen MR) is 143 cm³/mol. The Labute approximate surface area is 213 Å². The Morgan fingerprint density at radius 2 is 1.89 bits per heavy atom. The standard InChI is InChI=1S/C29H36N6O/c1-5-7-8-21-9-11-22(12-10-21)24(6-2)34-15-16-35(29(19-34)17-20(29)3)27-26-25(33(4)28(36)32-27)14-13-23(18-30)31-26/h9-14,20,24H,5-8,15-17,19H2,1-4H3/t20?,24?,29-/m0/s1. The zero-order valence-electron chi connectivity index (χ0n) is 21.9. The molecule has 1 spiro atoms. The summed E-state index contributed by atoms with van der Waals surface area (Å²) in [5, 5.41) is 9.45. The molecule has 7 heteroatoms. The first kappa shape index (κ1) is 24.5. The second kappa shape index (κ2) is 9.67. The number of fused-ring (bicyclic) bond motifs is 1. The maximum absolute atomic E-state index is 12.8. The van der Waals surface area contributed by atoms with Crippen LogP contribution in [0.4, 0.5) is 5.82 Å². The van der Waals surface area contributed by atoms with E-state index in [1.807, 2.05) is 6.07 Å². The van der Waals surface area contributed by atoms with Gasteiger partial charge in [0.1, 0.15) is 17.3 Å². The van der Waals surface area contributed by atoms with Gasteiger partial charge in [0.15, 0.2) is 5.82 Å². The van der Waals surface area contributed by atoms with Gasteiger partial charge < -0.3 is 4.90 Å². The van der Waals surface area contributed by atoms with Crippen LogP contribution in [0.15, 0.2) is 41.2 Å². The average molecular weight is 485 g/mol. The molecule has 0 bridgehead atoms. The van der Waals surface area contributed by atoms with Crippen LogP contribution in [0.3, 0.4) is 0 Å². The second-order valence-corrected chi connectivity index (χ2v) is 10.6. The van der Waals surface area contributed by atoms with Gasteiger partial charge in [-0.15, -0.1) is 0 Å². The number of benzene rings is 1. The lowest BCUT2D eigenvalue weighted by molar-refractivity contribution is 0.144. The van der Waals surface area contributed by atoms with Gasteiger partial charge in [-0.2, -0.15) is 10.2 Å². The first-order valence-electron chi connectivity index (χ1n) is 13.3. The highest BCUT2D eigenvalue weighted by Crippen LogP contribution is 2.53. The number of hydrogen-bond donors (Lipinski definition) is 0. The smallest absolute Gasteiger partial charge is 0.346 e. The highest BCUT2D eigenvalue weighted by molar-refractivity contribution is 5.87. The van der Waals surface area contributed by atoms with Gasteiger partial charge in [0.05, 0.1) is 11.1 Å². The molecule has 36 heavy (non-hydrogen) atoms. The van der Waals surface area contributed by atoms with E-state index in [2.05, 4.69) is 70.9 Å². The maximum atomic E-state index is 12.8. The molecule has 5 rings (SSSR count). The number of rotatable bonds is 7. The topological polar surface area (TPSA) is 78.0 Å². The maximum Gasteiger partial charge on any atom is 0.349 e. The Balaban J connectivity index is 1.46. The van der Waals surface area contributed by atoms with Crippen LogP contribution in [-0.2, 0) is 13.5 Å². The molecular weight excluding hydrogens is 448 g/mol. The number of hydrogen-bond acceptors (Lipinski definition) is 6. The molecule has 3 aromatic rings. The average Bonchev–Trinajstić information content (AvgIpc) is 3.53. The van der Waals surface area contributed by atoms with Gasteiger partial charge >= 0.3 is 5.69 Å². The van der Waals surface area contributed by atoms with Gasteiger partial charge in [-0.05, 0) is 54.9 Å². The van der Waals surface area contributed by atoms with Gasteiger partial charge in [-0.3, -0.25) is 9.47 Å². The van der Waals surface area contributed by atoms with E-state index in [0.29, 0.717) is 34.5 Å². The minimum Gasteiger partial charge on any atom is -0.346 e. The number of anilines is 1. The summed E-state index contributed by atoms with van der Waals surface area (Å²) in [6.07, 6.45) is 5.71. The van der Waals surface area contributed by atoms with E-state index in [0.717, 1.165) is 38.9 Å². The molecular formula is C29H36N6O. The normalized spacial score (nSPS) is 22.6. The molecule has 1 saturated heterocycles. The van der Waals surface area contributed by atoms with Crippen molar-refractivity contribution in [2.45, 2.75) is 64.5 Å².